The van der Waals surface area contributed by atoms with Crippen LogP contribution in [-0.4, -0.2) is 22.5 Å². The first-order valence-electron chi connectivity index (χ1n) is 5.07. The van der Waals surface area contributed by atoms with Crippen LogP contribution in [0.15, 0.2) is 12.4 Å². The van der Waals surface area contributed by atoms with Gasteiger partial charge in [-0.2, -0.15) is 5.10 Å². The Kier molecular flexibility index (Phi) is 3.43. The Hall–Kier alpha value is -0.540. The van der Waals surface area contributed by atoms with Crippen molar-refractivity contribution in [3.05, 3.63) is 18.0 Å². The number of halogens is 1. The van der Waals surface area contributed by atoms with Crippen LogP contribution in [0.2, 0.25) is 0 Å². The lowest BCUT2D eigenvalue weighted by atomic mass is 10.2. The third-order valence-corrected chi connectivity index (χ3v) is 2.85. The van der Waals surface area contributed by atoms with E-state index in [1.807, 2.05) is 17.1 Å². The monoisotopic (exact) mass is 214 g/mol. The van der Waals surface area contributed by atoms with E-state index in [1.54, 1.807) is 0 Å². The molecule has 1 aliphatic rings. The summed E-state index contributed by atoms with van der Waals surface area (Å²) < 4.78 is 7.48. The predicted octanol–water partition coefficient (Wildman–Crippen LogP) is 2.19. The Morgan fingerprint density at radius 1 is 1.64 bits per heavy atom. The van der Waals surface area contributed by atoms with Crippen LogP contribution in [0.25, 0.3) is 0 Å². The van der Waals surface area contributed by atoms with E-state index in [4.69, 9.17) is 16.3 Å². The van der Waals surface area contributed by atoms with Crippen LogP contribution >= 0.6 is 11.6 Å². The van der Waals surface area contributed by atoms with Gasteiger partial charge in [0.05, 0.1) is 18.2 Å². The zero-order chi connectivity index (χ0) is 9.80. The highest BCUT2D eigenvalue weighted by molar-refractivity contribution is 6.17. The van der Waals surface area contributed by atoms with E-state index in [9.17, 15) is 0 Å². The fourth-order valence-electron chi connectivity index (χ4n) is 1.75. The van der Waals surface area contributed by atoms with E-state index >= 15 is 0 Å². The second-order valence-corrected chi connectivity index (χ2v) is 3.94. The molecule has 3 nitrogen and oxygen atoms in total. The Labute approximate surface area is 89.0 Å². The molecule has 0 amide bonds. The first kappa shape index (κ1) is 9.99. The standard InChI is InChI=1S/C10H15ClN2O/c11-6-9-7-12-13(8-9)4-3-10-2-1-5-14-10/h7-8,10H,1-6H2. The van der Waals surface area contributed by atoms with Crippen LogP contribution in [-0.2, 0) is 17.2 Å². The van der Waals surface area contributed by atoms with Gasteiger partial charge < -0.3 is 4.74 Å². The van der Waals surface area contributed by atoms with E-state index in [-0.39, 0.29) is 0 Å². The normalized spacial score (nSPS) is 21.6. The maximum atomic E-state index is 5.69. The molecule has 2 rings (SSSR count). The highest BCUT2D eigenvalue weighted by atomic mass is 35.5. The lowest BCUT2D eigenvalue weighted by molar-refractivity contribution is 0.0994. The molecule has 1 atom stereocenters. The van der Waals surface area contributed by atoms with Crippen LogP contribution in [0.1, 0.15) is 24.8 Å². The summed E-state index contributed by atoms with van der Waals surface area (Å²) in [5.41, 5.74) is 1.08. The van der Waals surface area contributed by atoms with Crippen LogP contribution in [0.3, 0.4) is 0 Å². The van der Waals surface area contributed by atoms with Gasteiger partial charge in [-0.3, -0.25) is 4.68 Å². The zero-order valence-electron chi connectivity index (χ0n) is 8.16. The number of alkyl halides is 1. The Morgan fingerprint density at radius 2 is 2.57 bits per heavy atom. The number of aromatic nitrogens is 2. The second-order valence-electron chi connectivity index (χ2n) is 3.67. The molecule has 4 heteroatoms. The number of rotatable bonds is 4. The Bertz CT molecular complexity index is 281. The van der Waals surface area contributed by atoms with Crippen molar-refractivity contribution in [2.24, 2.45) is 0 Å². The van der Waals surface area contributed by atoms with Crippen molar-refractivity contribution in [3.8, 4) is 0 Å². The first-order valence-corrected chi connectivity index (χ1v) is 5.61. The van der Waals surface area contributed by atoms with Gasteiger partial charge in [-0.25, -0.2) is 0 Å². The molecule has 0 spiro atoms. The van der Waals surface area contributed by atoms with Gasteiger partial charge in [-0.15, -0.1) is 11.6 Å². The molecule has 0 saturated carbocycles. The topological polar surface area (TPSA) is 27.1 Å². The summed E-state index contributed by atoms with van der Waals surface area (Å²) in [6.07, 6.45) is 7.73. The fourth-order valence-corrected chi connectivity index (χ4v) is 1.88. The largest absolute Gasteiger partial charge is 0.378 e. The maximum absolute atomic E-state index is 5.69. The molecule has 1 aliphatic heterocycles. The van der Waals surface area contributed by atoms with Gasteiger partial charge in [0.25, 0.3) is 0 Å². The molecular formula is C10H15ClN2O. The van der Waals surface area contributed by atoms with E-state index < -0.39 is 0 Å². The summed E-state index contributed by atoms with van der Waals surface area (Å²) in [6.45, 7) is 1.86. The summed E-state index contributed by atoms with van der Waals surface area (Å²) in [6, 6.07) is 0. The van der Waals surface area contributed by atoms with Crippen LogP contribution in [0, 0.1) is 0 Å². The summed E-state index contributed by atoms with van der Waals surface area (Å²) in [4.78, 5) is 0. The number of ether oxygens (including phenoxy) is 1. The highest BCUT2D eigenvalue weighted by Crippen LogP contribution is 2.16. The van der Waals surface area contributed by atoms with Gasteiger partial charge in [0.2, 0.25) is 0 Å². The van der Waals surface area contributed by atoms with Crippen molar-refractivity contribution in [2.45, 2.75) is 37.8 Å². The first-order chi connectivity index (χ1) is 6.88. The zero-order valence-corrected chi connectivity index (χ0v) is 8.91. The van der Waals surface area contributed by atoms with Crippen LogP contribution < -0.4 is 0 Å². The second kappa shape index (κ2) is 4.80. The summed E-state index contributed by atoms with van der Waals surface area (Å²) in [5.74, 6) is 0.542. The lowest BCUT2D eigenvalue weighted by Crippen LogP contribution is -2.10. The molecular weight excluding hydrogens is 200 g/mol. The number of aryl methyl sites for hydroxylation is 1. The van der Waals surface area contributed by atoms with Gasteiger partial charge in [0, 0.05) is 24.9 Å². The van der Waals surface area contributed by atoms with Crippen molar-refractivity contribution in [3.63, 3.8) is 0 Å². The molecule has 0 aromatic carbocycles. The highest BCUT2D eigenvalue weighted by Gasteiger charge is 2.14. The quantitative estimate of drug-likeness (QED) is 0.719. The fraction of sp³-hybridized carbons (Fsp3) is 0.700. The molecule has 0 aliphatic carbocycles. The molecule has 1 aromatic rings. The molecule has 0 bridgehead atoms. The average Bonchev–Trinajstić information content (AvgIpc) is 2.86. The van der Waals surface area contributed by atoms with Crippen molar-refractivity contribution >= 4 is 11.6 Å². The smallest absolute Gasteiger partial charge is 0.0593 e. The third-order valence-electron chi connectivity index (χ3n) is 2.55. The number of nitrogens with zero attached hydrogens (tertiary/aromatic N) is 2. The minimum atomic E-state index is 0.443. The van der Waals surface area contributed by atoms with E-state index in [0.717, 1.165) is 25.1 Å². The maximum Gasteiger partial charge on any atom is 0.0593 e. The van der Waals surface area contributed by atoms with Gasteiger partial charge in [-0.05, 0) is 19.3 Å². The van der Waals surface area contributed by atoms with Gasteiger partial charge >= 0.3 is 0 Å². The van der Waals surface area contributed by atoms with Gasteiger partial charge in [0.1, 0.15) is 0 Å². The molecule has 1 unspecified atom stereocenters. The molecule has 1 fully saturated rings. The third kappa shape index (κ3) is 2.49. The Balaban J connectivity index is 1.79. The van der Waals surface area contributed by atoms with Crippen molar-refractivity contribution < 1.29 is 4.74 Å². The molecule has 1 aromatic heterocycles. The molecule has 0 radical (unpaired) electrons. The van der Waals surface area contributed by atoms with Crippen molar-refractivity contribution in [1.82, 2.24) is 9.78 Å². The van der Waals surface area contributed by atoms with Gasteiger partial charge in [0.15, 0.2) is 0 Å². The minimum Gasteiger partial charge on any atom is -0.378 e. The van der Waals surface area contributed by atoms with Crippen molar-refractivity contribution in [1.29, 1.82) is 0 Å². The molecule has 1 saturated heterocycles. The van der Waals surface area contributed by atoms with Crippen LogP contribution in [0.5, 0.6) is 0 Å². The SMILES string of the molecule is ClCc1cnn(CCC2CCCO2)c1. The molecule has 14 heavy (non-hydrogen) atoms. The minimum absolute atomic E-state index is 0.443. The van der Waals surface area contributed by atoms with Crippen LogP contribution in [0.4, 0.5) is 0 Å². The summed E-state index contributed by atoms with van der Waals surface area (Å²) >= 11 is 5.69. The molecule has 0 N–H and O–H groups in total. The van der Waals surface area contributed by atoms with Crippen molar-refractivity contribution in [2.75, 3.05) is 6.61 Å². The van der Waals surface area contributed by atoms with Gasteiger partial charge in [-0.1, -0.05) is 0 Å². The van der Waals surface area contributed by atoms with E-state index in [2.05, 4.69) is 5.10 Å². The number of hydrogen-bond acceptors (Lipinski definition) is 2. The molecule has 2 heterocycles. The predicted molar refractivity (Wildman–Crippen MR) is 55.4 cm³/mol. The average molecular weight is 215 g/mol. The summed E-state index contributed by atoms with van der Waals surface area (Å²) in [5, 5.41) is 4.22. The van der Waals surface area contributed by atoms with E-state index in [0.29, 0.717) is 12.0 Å². The lowest BCUT2D eigenvalue weighted by Gasteiger charge is -2.08. The Morgan fingerprint density at radius 3 is 3.21 bits per heavy atom. The van der Waals surface area contributed by atoms with E-state index in [1.165, 1.54) is 12.8 Å². The number of hydrogen-bond donors (Lipinski definition) is 0. The molecule has 78 valence electrons. The summed E-state index contributed by atoms with van der Waals surface area (Å²) in [7, 11) is 0.